The van der Waals surface area contributed by atoms with E-state index in [1.54, 1.807) is 0 Å². The van der Waals surface area contributed by atoms with Crippen LogP contribution in [0.5, 0.6) is 0 Å². The average molecular weight is 282 g/mol. The van der Waals surface area contributed by atoms with E-state index < -0.39 is 0 Å². The van der Waals surface area contributed by atoms with Gasteiger partial charge in [0.15, 0.2) is 0 Å². The lowest BCUT2D eigenvalue weighted by Gasteiger charge is -2.32. The van der Waals surface area contributed by atoms with Crippen LogP contribution in [0.4, 0.5) is 5.69 Å². The van der Waals surface area contributed by atoms with Gasteiger partial charge in [-0.3, -0.25) is 0 Å². The maximum atomic E-state index is 3.73. The summed E-state index contributed by atoms with van der Waals surface area (Å²) in [4.78, 5) is 0. The van der Waals surface area contributed by atoms with Gasteiger partial charge < -0.3 is 9.88 Å². The van der Waals surface area contributed by atoms with Gasteiger partial charge in [0, 0.05) is 29.8 Å². The number of nitrogens with zero attached hydrogens (tertiary/aromatic N) is 1. The second-order valence-electron chi connectivity index (χ2n) is 6.64. The minimum absolute atomic E-state index is 0.639. The van der Waals surface area contributed by atoms with Gasteiger partial charge in [0.1, 0.15) is 0 Å². The first-order valence-electron chi connectivity index (χ1n) is 8.22. The molecule has 3 rings (SSSR count). The summed E-state index contributed by atoms with van der Waals surface area (Å²) in [6.45, 7) is 4.72. The van der Waals surface area contributed by atoms with Crippen molar-refractivity contribution in [3.63, 3.8) is 0 Å². The topological polar surface area (TPSA) is 17.0 Å². The number of anilines is 1. The molecule has 1 saturated carbocycles. The lowest BCUT2D eigenvalue weighted by molar-refractivity contribution is 0.267. The molecule has 0 aliphatic heterocycles. The fraction of sp³-hybridized carbons (Fsp3) is 0.474. The van der Waals surface area contributed by atoms with E-state index in [2.05, 4.69) is 72.5 Å². The fourth-order valence-corrected chi connectivity index (χ4v) is 3.43. The molecule has 1 aromatic carbocycles. The minimum Gasteiger partial charge on any atom is -0.382 e. The molecule has 1 fully saturated rings. The SMILES string of the molecule is CC(C)C1CCC(Nc2cccc(-n3cccc3)c2)CC1. The van der Waals surface area contributed by atoms with E-state index in [1.807, 2.05) is 0 Å². The van der Waals surface area contributed by atoms with Crippen molar-refractivity contribution in [1.82, 2.24) is 4.57 Å². The third-order valence-corrected chi connectivity index (χ3v) is 4.83. The highest BCUT2D eigenvalue weighted by molar-refractivity contribution is 5.51. The molecule has 1 N–H and O–H groups in total. The third kappa shape index (κ3) is 3.49. The Morgan fingerprint density at radius 2 is 1.71 bits per heavy atom. The zero-order chi connectivity index (χ0) is 14.7. The number of benzene rings is 1. The Hall–Kier alpha value is -1.70. The average Bonchev–Trinajstić information content (AvgIpc) is 3.02. The number of aromatic nitrogens is 1. The van der Waals surface area contributed by atoms with E-state index in [4.69, 9.17) is 0 Å². The molecule has 0 spiro atoms. The standard InChI is InChI=1S/C19H26N2/c1-15(2)16-8-10-17(11-9-16)20-18-6-5-7-19(14-18)21-12-3-4-13-21/h3-7,12-17,20H,8-11H2,1-2H3. The number of nitrogens with one attached hydrogen (secondary N) is 1. The van der Waals surface area contributed by atoms with Crippen molar-refractivity contribution in [2.45, 2.75) is 45.6 Å². The normalized spacial score (nSPS) is 22.4. The Morgan fingerprint density at radius 1 is 1.00 bits per heavy atom. The number of hydrogen-bond donors (Lipinski definition) is 1. The van der Waals surface area contributed by atoms with Gasteiger partial charge in [-0.2, -0.15) is 0 Å². The summed E-state index contributed by atoms with van der Waals surface area (Å²) in [6, 6.07) is 13.5. The van der Waals surface area contributed by atoms with Gasteiger partial charge in [-0.1, -0.05) is 19.9 Å². The molecular weight excluding hydrogens is 256 g/mol. The molecular formula is C19H26N2. The molecule has 0 saturated heterocycles. The highest BCUT2D eigenvalue weighted by Crippen LogP contribution is 2.31. The Kier molecular flexibility index (Phi) is 4.33. The van der Waals surface area contributed by atoms with Gasteiger partial charge in [0.05, 0.1) is 0 Å². The first-order chi connectivity index (χ1) is 10.2. The van der Waals surface area contributed by atoms with E-state index in [1.165, 1.54) is 37.1 Å². The smallest absolute Gasteiger partial charge is 0.0469 e. The third-order valence-electron chi connectivity index (χ3n) is 4.83. The van der Waals surface area contributed by atoms with Crippen LogP contribution in [-0.4, -0.2) is 10.6 Å². The largest absolute Gasteiger partial charge is 0.382 e. The zero-order valence-corrected chi connectivity index (χ0v) is 13.1. The van der Waals surface area contributed by atoms with Gasteiger partial charge in [0.2, 0.25) is 0 Å². The van der Waals surface area contributed by atoms with E-state index >= 15 is 0 Å². The molecule has 21 heavy (non-hydrogen) atoms. The molecule has 1 aromatic heterocycles. The Labute approximate surface area is 128 Å². The number of hydrogen-bond acceptors (Lipinski definition) is 1. The van der Waals surface area contributed by atoms with Crippen molar-refractivity contribution in [2.75, 3.05) is 5.32 Å². The molecule has 1 aliphatic rings. The van der Waals surface area contributed by atoms with Crippen LogP contribution < -0.4 is 5.32 Å². The minimum atomic E-state index is 0.639. The van der Waals surface area contributed by atoms with Crippen LogP contribution >= 0.6 is 0 Å². The molecule has 0 atom stereocenters. The van der Waals surface area contributed by atoms with Crippen molar-refractivity contribution in [3.8, 4) is 5.69 Å². The van der Waals surface area contributed by atoms with Crippen LogP contribution in [0.25, 0.3) is 5.69 Å². The molecule has 1 heterocycles. The lowest BCUT2D eigenvalue weighted by Crippen LogP contribution is -2.27. The highest BCUT2D eigenvalue weighted by atomic mass is 15.0. The van der Waals surface area contributed by atoms with Crippen molar-refractivity contribution in [3.05, 3.63) is 48.8 Å². The maximum absolute atomic E-state index is 3.73. The Morgan fingerprint density at radius 3 is 2.38 bits per heavy atom. The zero-order valence-electron chi connectivity index (χ0n) is 13.1. The summed E-state index contributed by atoms with van der Waals surface area (Å²) in [5.74, 6) is 1.76. The summed E-state index contributed by atoms with van der Waals surface area (Å²) in [7, 11) is 0. The van der Waals surface area contributed by atoms with Crippen LogP contribution in [0.2, 0.25) is 0 Å². The molecule has 2 aromatic rings. The second-order valence-corrected chi connectivity index (χ2v) is 6.64. The maximum Gasteiger partial charge on any atom is 0.0469 e. The quantitative estimate of drug-likeness (QED) is 0.825. The Bertz CT molecular complexity index is 549. The molecule has 0 unspecified atom stereocenters. The van der Waals surface area contributed by atoms with Gasteiger partial charge in [-0.15, -0.1) is 0 Å². The number of rotatable bonds is 4. The lowest BCUT2D eigenvalue weighted by atomic mass is 9.79. The van der Waals surface area contributed by atoms with E-state index in [-0.39, 0.29) is 0 Å². The predicted molar refractivity (Wildman–Crippen MR) is 90.0 cm³/mol. The highest BCUT2D eigenvalue weighted by Gasteiger charge is 2.22. The summed E-state index contributed by atoms with van der Waals surface area (Å²) >= 11 is 0. The van der Waals surface area contributed by atoms with E-state index in [0.717, 1.165) is 11.8 Å². The van der Waals surface area contributed by atoms with Gasteiger partial charge in [-0.25, -0.2) is 0 Å². The first kappa shape index (κ1) is 14.2. The van der Waals surface area contributed by atoms with E-state index in [9.17, 15) is 0 Å². The van der Waals surface area contributed by atoms with E-state index in [0.29, 0.717) is 6.04 Å². The monoisotopic (exact) mass is 282 g/mol. The van der Waals surface area contributed by atoms with Crippen molar-refractivity contribution in [2.24, 2.45) is 11.8 Å². The van der Waals surface area contributed by atoms with Crippen molar-refractivity contribution < 1.29 is 0 Å². The molecule has 0 amide bonds. The van der Waals surface area contributed by atoms with Crippen LogP contribution in [0.1, 0.15) is 39.5 Å². The second kappa shape index (κ2) is 6.38. The van der Waals surface area contributed by atoms with Crippen molar-refractivity contribution >= 4 is 5.69 Å². The predicted octanol–water partition coefficient (Wildman–Crippen LogP) is 5.10. The summed E-state index contributed by atoms with van der Waals surface area (Å²) in [6.07, 6.45) is 9.52. The molecule has 0 radical (unpaired) electrons. The summed E-state index contributed by atoms with van der Waals surface area (Å²) < 4.78 is 2.15. The van der Waals surface area contributed by atoms with Crippen LogP contribution in [0.3, 0.4) is 0 Å². The Balaban J connectivity index is 1.62. The van der Waals surface area contributed by atoms with Gasteiger partial charge in [0.25, 0.3) is 0 Å². The van der Waals surface area contributed by atoms with Crippen LogP contribution in [0.15, 0.2) is 48.8 Å². The molecule has 2 nitrogen and oxygen atoms in total. The molecule has 0 bridgehead atoms. The van der Waals surface area contributed by atoms with Crippen LogP contribution in [0, 0.1) is 11.8 Å². The molecule has 1 aliphatic carbocycles. The molecule has 2 heteroatoms. The fourth-order valence-electron chi connectivity index (χ4n) is 3.43. The summed E-state index contributed by atoms with van der Waals surface area (Å²) in [5.41, 5.74) is 2.47. The van der Waals surface area contributed by atoms with Crippen LogP contribution in [-0.2, 0) is 0 Å². The summed E-state index contributed by atoms with van der Waals surface area (Å²) in [5, 5.41) is 3.73. The van der Waals surface area contributed by atoms with Crippen molar-refractivity contribution in [1.29, 1.82) is 0 Å². The van der Waals surface area contributed by atoms with Gasteiger partial charge >= 0.3 is 0 Å². The molecule has 112 valence electrons. The van der Waals surface area contributed by atoms with Gasteiger partial charge in [-0.05, 0) is 67.9 Å². The first-order valence-corrected chi connectivity index (χ1v) is 8.22.